The van der Waals surface area contributed by atoms with E-state index in [1.54, 1.807) is 12.1 Å². The molecule has 2 fully saturated rings. The van der Waals surface area contributed by atoms with Crippen LogP contribution in [0.15, 0.2) is 54.7 Å². The minimum Gasteiger partial charge on any atom is -0.478 e. The fraction of sp³-hybridized carbons (Fsp3) is 0.389. The lowest BCUT2D eigenvalue weighted by Gasteiger charge is -2.32. The van der Waals surface area contributed by atoms with Crippen LogP contribution in [-0.4, -0.2) is 49.7 Å². The van der Waals surface area contributed by atoms with E-state index in [9.17, 15) is 27.9 Å². The summed E-state index contributed by atoms with van der Waals surface area (Å²) >= 11 is 0. The van der Waals surface area contributed by atoms with Crippen LogP contribution in [0, 0.1) is 19.8 Å². The molecule has 1 saturated carbocycles. The van der Waals surface area contributed by atoms with Gasteiger partial charge in [-0.3, -0.25) is 4.79 Å². The summed E-state index contributed by atoms with van der Waals surface area (Å²) in [6.45, 7) is 5.71. The van der Waals surface area contributed by atoms with Crippen molar-refractivity contribution >= 4 is 17.6 Å². The Morgan fingerprint density at radius 3 is 2.43 bits per heavy atom. The van der Waals surface area contributed by atoms with E-state index in [1.165, 1.54) is 11.6 Å². The summed E-state index contributed by atoms with van der Waals surface area (Å²) in [4.78, 5) is 30.7. The number of likely N-dealkylation sites (tertiary alicyclic amines) is 1. The van der Waals surface area contributed by atoms with Gasteiger partial charge in [0, 0.05) is 30.3 Å². The first-order chi connectivity index (χ1) is 22.5. The first kappa shape index (κ1) is 31.0. The number of aryl methyl sites for hydroxylation is 3. The van der Waals surface area contributed by atoms with Crippen molar-refractivity contribution in [3.05, 3.63) is 93.8 Å². The Morgan fingerprint density at radius 2 is 1.74 bits per heavy atom. The van der Waals surface area contributed by atoms with Crippen LogP contribution in [0.2, 0.25) is 0 Å². The highest BCUT2D eigenvalue weighted by atomic mass is 19.4. The molecule has 1 amide bonds. The molecule has 2 N–H and O–H groups in total. The molecule has 2 aromatic heterocycles. The average molecular weight is 644 g/mol. The van der Waals surface area contributed by atoms with Crippen LogP contribution in [0.1, 0.15) is 87.9 Å². The number of carbonyl (C=O) groups is 2. The second-order valence-electron chi connectivity index (χ2n) is 13.1. The van der Waals surface area contributed by atoms with Gasteiger partial charge in [-0.25, -0.2) is 14.5 Å². The predicted molar refractivity (Wildman–Crippen MR) is 171 cm³/mol. The maximum atomic E-state index is 14.0. The molecular formula is C36H36F3N5O3. The number of rotatable bonds is 7. The number of nitrogens with one attached hydrogen (secondary N) is 1. The fourth-order valence-electron chi connectivity index (χ4n) is 7.25. The summed E-state index contributed by atoms with van der Waals surface area (Å²) in [5.41, 5.74) is 5.67. The number of benzene rings is 2. The van der Waals surface area contributed by atoms with Crippen LogP contribution in [-0.2, 0) is 17.4 Å². The number of anilines is 1. The minimum atomic E-state index is -4.94. The van der Waals surface area contributed by atoms with Gasteiger partial charge in [-0.15, -0.1) is 0 Å². The molecular weight excluding hydrogens is 607 g/mol. The molecule has 2 aliphatic carbocycles. The molecule has 8 nitrogen and oxygen atoms in total. The lowest BCUT2D eigenvalue weighted by Crippen LogP contribution is -2.38. The predicted octanol–water partition coefficient (Wildman–Crippen LogP) is 7.48. The second-order valence-corrected chi connectivity index (χ2v) is 13.1. The zero-order chi connectivity index (χ0) is 33.0. The number of aromatic carboxylic acids is 1. The van der Waals surface area contributed by atoms with Crippen LogP contribution >= 0.6 is 0 Å². The third-order valence-corrected chi connectivity index (χ3v) is 9.74. The zero-order valence-corrected chi connectivity index (χ0v) is 26.3. The fourth-order valence-corrected chi connectivity index (χ4v) is 7.25. The smallest absolute Gasteiger partial charge is 0.434 e. The Kier molecular flexibility index (Phi) is 7.80. The van der Waals surface area contributed by atoms with Crippen molar-refractivity contribution in [3.63, 3.8) is 0 Å². The Labute approximate surface area is 270 Å². The number of pyridine rings is 1. The van der Waals surface area contributed by atoms with E-state index in [0.29, 0.717) is 28.4 Å². The highest BCUT2D eigenvalue weighted by molar-refractivity contribution is 5.89. The van der Waals surface area contributed by atoms with Crippen LogP contribution in [0.25, 0.3) is 17.1 Å². The number of carboxylic acid groups (broad SMARTS) is 1. The molecule has 4 aromatic rings. The van der Waals surface area contributed by atoms with Gasteiger partial charge < -0.3 is 15.3 Å². The first-order valence-electron chi connectivity index (χ1n) is 16.1. The van der Waals surface area contributed by atoms with E-state index in [0.717, 1.165) is 85.1 Å². The highest BCUT2D eigenvalue weighted by Gasteiger charge is 2.41. The van der Waals surface area contributed by atoms with E-state index in [4.69, 9.17) is 0 Å². The van der Waals surface area contributed by atoms with Crippen molar-refractivity contribution in [3.8, 4) is 17.1 Å². The molecule has 3 aliphatic rings. The number of hydrogen-bond acceptors (Lipinski definition) is 5. The Morgan fingerprint density at radius 1 is 0.979 bits per heavy atom. The monoisotopic (exact) mass is 643 g/mol. The van der Waals surface area contributed by atoms with Gasteiger partial charge in [-0.1, -0.05) is 29.8 Å². The molecule has 1 aliphatic heterocycles. The van der Waals surface area contributed by atoms with Gasteiger partial charge in [-0.05, 0) is 105 Å². The molecule has 0 bridgehead atoms. The molecule has 2 aromatic carbocycles. The van der Waals surface area contributed by atoms with Crippen molar-refractivity contribution < 1.29 is 27.9 Å². The number of carboxylic acids is 1. The van der Waals surface area contributed by atoms with E-state index < -0.39 is 23.4 Å². The number of carbonyl (C=O) groups excluding carboxylic acids is 1. The normalized spacial score (nSPS) is 18.3. The quantitative estimate of drug-likeness (QED) is 0.217. The van der Waals surface area contributed by atoms with E-state index in [-0.39, 0.29) is 17.8 Å². The van der Waals surface area contributed by atoms with Crippen molar-refractivity contribution in [2.24, 2.45) is 5.92 Å². The summed E-state index contributed by atoms with van der Waals surface area (Å²) < 4.78 is 42.4. The van der Waals surface area contributed by atoms with E-state index >= 15 is 0 Å². The molecule has 1 saturated heterocycles. The lowest BCUT2D eigenvalue weighted by atomic mass is 9.88. The Hall–Kier alpha value is -4.67. The summed E-state index contributed by atoms with van der Waals surface area (Å²) in [6, 6.07) is 15.4. The largest absolute Gasteiger partial charge is 0.478 e. The lowest BCUT2D eigenvalue weighted by molar-refractivity contribution is -0.143. The van der Waals surface area contributed by atoms with Crippen molar-refractivity contribution in [2.45, 2.75) is 70.5 Å². The molecule has 1 unspecified atom stereocenters. The van der Waals surface area contributed by atoms with E-state index in [1.807, 2.05) is 17.9 Å². The Bertz CT molecular complexity index is 1870. The van der Waals surface area contributed by atoms with Gasteiger partial charge in [0.1, 0.15) is 5.56 Å². The zero-order valence-electron chi connectivity index (χ0n) is 26.3. The summed E-state index contributed by atoms with van der Waals surface area (Å²) in [7, 11) is 0. The molecule has 244 valence electrons. The van der Waals surface area contributed by atoms with Crippen molar-refractivity contribution in [2.75, 3.05) is 18.4 Å². The average Bonchev–Trinajstić information content (AvgIpc) is 3.66. The Balaban J connectivity index is 1.15. The number of piperidine rings is 1. The molecule has 1 atom stereocenters. The highest BCUT2D eigenvalue weighted by Crippen LogP contribution is 2.42. The number of fused-ring (bicyclic) bond motifs is 1. The first-order valence-corrected chi connectivity index (χ1v) is 16.1. The second kappa shape index (κ2) is 11.8. The van der Waals surface area contributed by atoms with Gasteiger partial charge in [0.25, 0.3) is 0 Å². The number of alkyl halides is 3. The van der Waals surface area contributed by atoms with Crippen LogP contribution in [0.4, 0.5) is 18.9 Å². The van der Waals surface area contributed by atoms with Crippen LogP contribution in [0.3, 0.4) is 0 Å². The number of amides is 1. The number of nitrogens with zero attached hydrogens (tertiary/aromatic N) is 4. The van der Waals surface area contributed by atoms with Gasteiger partial charge in [0.2, 0.25) is 5.91 Å². The van der Waals surface area contributed by atoms with Gasteiger partial charge in [-0.2, -0.15) is 18.3 Å². The van der Waals surface area contributed by atoms with E-state index in [2.05, 4.69) is 46.6 Å². The maximum Gasteiger partial charge on any atom is 0.434 e. The number of halogens is 3. The summed E-state index contributed by atoms with van der Waals surface area (Å²) in [6.07, 6.45) is 1.45. The summed E-state index contributed by atoms with van der Waals surface area (Å²) in [5.74, 6) is -0.819. The van der Waals surface area contributed by atoms with Gasteiger partial charge in [0.15, 0.2) is 11.5 Å². The van der Waals surface area contributed by atoms with Crippen LogP contribution in [0.5, 0.6) is 0 Å². The topological polar surface area (TPSA) is 100 Å². The van der Waals surface area contributed by atoms with Crippen molar-refractivity contribution in [1.29, 1.82) is 0 Å². The SMILES string of the molecule is Cc1cc2c(c(-c3cccc(-n4ncc(C(=O)O)c4C(F)(F)F)n3)c1)C(Nc1ccc(C3CCN(C(=O)C4CC4)CC3)cc1C)CC2. The molecule has 47 heavy (non-hydrogen) atoms. The molecule has 0 radical (unpaired) electrons. The van der Waals surface area contributed by atoms with Crippen molar-refractivity contribution in [1.82, 2.24) is 19.7 Å². The number of aromatic nitrogens is 3. The number of hydrogen-bond donors (Lipinski definition) is 2. The molecule has 0 spiro atoms. The third kappa shape index (κ3) is 5.99. The van der Waals surface area contributed by atoms with Gasteiger partial charge >= 0.3 is 12.1 Å². The maximum absolute atomic E-state index is 14.0. The summed E-state index contributed by atoms with van der Waals surface area (Å²) in [5, 5.41) is 16.9. The van der Waals surface area contributed by atoms with Gasteiger partial charge in [0.05, 0.1) is 17.9 Å². The molecule has 7 rings (SSSR count). The third-order valence-electron chi connectivity index (χ3n) is 9.74. The molecule has 3 heterocycles. The standard InChI is InChI=1S/C36H36F3N5O3/c1-20-16-25-9-11-30(41-28-10-8-24(18-21(28)2)22-12-14-43(15-13-22)34(45)23-6-7-23)32(25)26(17-20)29-4-3-5-31(42-29)44-33(36(37,38)39)27(19-40-44)35(46)47/h3-5,8,10,16-19,22-23,30,41H,6-7,9,11-15H2,1-2H3,(H,46,47). The van der Waals surface area contributed by atoms with Crippen LogP contribution < -0.4 is 5.32 Å². The minimum absolute atomic E-state index is 0.0404. The molecule has 11 heteroatoms.